The summed E-state index contributed by atoms with van der Waals surface area (Å²) in [5.74, 6) is 1.77. The zero-order chi connectivity index (χ0) is 26.7. The molecule has 0 radical (unpaired) electrons. The molecule has 2 saturated heterocycles. The highest BCUT2D eigenvalue weighted by molar-refractivity contribution is 5.83. The Bertz CT molecular complexity index is 1220. The van der Waals surface area contributed by atoms with Crippen LogP contribution in [0.25, 0.3) is 0 Å². The molecule has 2 aliphatic carbocycles. The molecule has 0 aromatic carbocycles. The van der Waals surface area contributed by atoms with Crippen molar-refractivity contribution in [1.82, 2.24) is 29.7 Å². The lowest BCUT2D eigenvalue weighted by molar-refractivity contribution is -0.145. The highest BCUT2D eigenvalue weighted by atomic mass is 16.6. The summed E-state index contributed by atoms with van der Waals surface area (Å²) >= 11 is 0. The Kier molecular flexibility index (Phi) is 6.11. The standard InChI is InChI=1S/C28H38N6O4/c1-5-12-37-26(36)32-14-21(28(15-32)16-33(17-28)25(35)20-13-27(20,3)4)23-29-24(38-31-23)18(2)34-11-10-22(30-34)19-8-6-7-9-19/h5,10-11,18-21H,1,6-9,12-17H2,2-4H3/t18?,20-,21?/m1/s1. The molecule has 2 aromatic heterocycles. The van der Waals surface area contributed by atoms with Gasteiger partial charge in [0.1, 0.15) is 12.6 Å². The first kappa shape index (κ1) is 25.1. The maximum absolute atomic E-state index is 13.0. The van der Waals surface area contributed by atoms with Crippen molar-refractivity contribution >= 4 is 12.0 Å². The molecular formula is C28H38N6O4. The zero-order valence-corrected chi connectivity index (χ0v) is 22.6. The van der Waals surface area contributed by atoms with E-state index in [1.807, 2.05) is 22.7 Å². The molecule has 4 aliphatic rings. The van der Waals surface area contributed by atoms with E-state index in [1.54, 1.807) is 11.0 Å². The van der Waals surface area contributed by atoms with Gasteiger partial charge < -0.3 is 19.1 Å². The second-order valence-electron chi connectivity index (χ2n) is 12.5. The second-order valence-corrected chi connectivity index (χ2v) is 12.5. The highest BCUT2D eigenvalue weighted by Gasteiger charge is 2.61. The summed E-state index contributed by atoms with van der Waals surface area (Å²) in [6.07, 6.45) is 9.03. The fourth-order valence-electron chi connectivity index (χ4n) is 6.66. The van der Waals surface area contributed by atoms with Crippen LogP contribution in [0.1, 0.15) is 88.2 Å². The third-order valence-corrected chi connectivity index (χ3v) is 9.29. The Hall–Kier alpha value is -3.17. The van der Waals surface area contributed by atoms with Gasteiger partial charge >= 0.3 is 6.09 Å². The number of rotatable bonds is 7. The van der Waals surface area contributed by atoms with E-state index in [1.165, 1.54) is 25.7 Å². The Morgan fingerprint density at radius 3 is 2.63 bits per heavy atom. The monoisotopic (exact) mass is 522 g/mol. The van der Waals surface area contributed by atoms with Crippen LogP contribution in [0.4, 0.5) is 4.79 Å². The number of aromatic nitrogens is 4. The normalized spacial score (nSPS) is 26.4. The first-order valence-electron chi connectivity index (χ1n) is 13.9. The summed E-state index contributed by atoms with van der Waals surface area (Å²) in [5, 5.41) is 9.20. The van der Waals surface area contributed by atoms with Gasteiger partial charge in [-0.3, -0.25) is 9.48 Å². The Morgan fingerprint density at radius 2 is 1.95 bits per heavy atom. The molecule has 2 saturated carbocycles. The molecule has 0 bridgehead atoms. The SMILES string of the molecule is C=CCOC(=O)N1CC(c2noc(C(C)n3ccc(C4CCCC4)n3)n2)C2(C1)CN(C(=O)[C@H]1CC1(C)C)C2. The van der Waals surface area contributed by atoms with E-state index in [0.29, 0.717) is 43.8 Å². The van der Waals surface area contributed by atoms with E-state index in [-0.39, 0.29) is 47.3 Å². The van der Waals surface area contributed by atoms with Crippen LogP contribution in [0.5, 0.6) is 0 Å². The van der Waals surface area contributed by atoms with Gasteiger partial charge in [0, 0.05) is 49.6 Å². The number of likely N-dealkylation sites (tertiary alicyclic amines) is 2. The van der Waals surface area contributed by atoms with Crippen molar-refractivity contribution in [3.05, 3.63) is 42.3 Å². The van der Waals surface area contributed by atoms with Crippen LogP contribution in [0.3, 0.4) is 0 Å². The Balaban J connectivity index is 1.19. The van der Waals surface area contributed by atoms with Crippen molar-refractivity contribution in [1.29, 1.82) is 0 Å². The summed E-state index contributed by atoms with van der Waals surface area (Å²) in [6.45, 7) is 12.2. The smallest absolute Gasteiger partial charge is 0.410 e. The van der Waals surface area contributed by atoms with Gasteiger partial charge in [0.25, 0.3) is 5.89 Å². The molecule has 2 aliphatic heterocycles. The highest BCUT2D eigenvalue weighted by Crippen LogP contribution is 2.55. The van der Waals surface area contributed by atoms with E-state index >= 15 is 0 Å². The van der Waals surface area contributed by atoms with Crippen LogP contribution in [0, 0.1) is 16.7 Å². The molecule has 4 heterocycles. The predicted octanol–water partition coefficient (Wildman–Crippen LogP) is 4.13. The maximum atomic E-state index is 13.0. The molecular weight excluding hydrogens is 484 g/mol. The van der Waals surface area contributed by atoms with Gasteiger partial charge in [0.15, 0.2) is 5.82 Å². The van der Waals surface area contributed by atoms with E-state index in [2.05, 4.69) is 31.6 Å². The maximum Gasteiger partial charge on any atom is 0.410 e. The Morgan fingerprint density at radius 1 is 1.24 bits per heavy atom. The number of nitrogens with zero attached hydrogens (tertiary/aromatic N) is 6. The molecule has 10 heteroatoms. The van der Waals surface area contributed by atoms with Crippen LogP contribution in [-0.4, -0.2) is 74.5 Å². The quantitative estimate of drug-likeness (QED) is 0.503. The minimum atomic E-state index is -0.382. The van der Waals surface area contributed by atoms with Crippen LogP contribution < -0.4 is 0 Å². The van der Waals surface area contributed by atoms with Gasteiger partial charge in [0.2, 0.25) is 5.91 Å². The summed E-state index contributed by atoms with van der Waals surface area (Å²) in [5.41, 5.74) is 0.905. The largest absolute Gasteiger partial charge is 0.445 e. The number of carbonyl (C=O) groups excluding carboxylic acids is 2. The van der Waals surface area contributed by atoms with Gasteiger partial charge in [-0.25, -0.2) is 4.79 Å². The zero-order valence-electron chi connectivity index (χ0n) is 22.6. The molecule has 4 fully saturated rings. The van der Waals surface area contributed by atoms with Crippen molar-refractivity contribution in [3.8, 4) is 0 Å². The van der Waals surface area contributed by atoms with Gasteiger partial charge in [0.05, 0.1) is 11.6 Å². The first-order chi connectivity index (χ1) is 18.2. The summed E-state index contributed by atoms with van der Waals surface area (Å²) in [7, 11) is 0. The first-order valence-corrected chi connectivity index (χ1v) is 13.9. The topological polar surface area (TPSA) is 107 Å². The van der Waals surface area contributed by atoms with Crippen LogP contribution in [-0.2, 0) is 9.53 Å². The van der Waals surface area contributed by atoms with E-state index in [0.717, 1.165) is 12.1 Å². The van der Waals surface area contributed by atoms with Crippen molar-refractivity contribution in [2.24, 2.45) is 16.7 Å². The van der Waals surface area contributed by atoms with Crippen molar-refractivity contribution < 1.29 is 18.8 Å². The van der Waals surface area contributed by atoms with Crippen LogP contribution in [0.2, 0.25) is 0 Å². The van der Waals surface area contributed by atoms with E-state index < -0.39 is 0 Å². The lowest BCUT2D eigenvalue weighted by Crippen LogP contribution is -2.62. The molecule has 3 atom stereocenters. The van der Waals surface area contributed by atoms with Crippen molar-refractivity contribution in [3.63, 3.8) is 0 Å². The van der Waals surface area contributed by atoms with Crippen LogP contribution >= 0.6 is 0 Å². The van der Waals surface area contributed by atoms with Crippen LogP contribution in [0.15, 0.2) is 29.4 Å². The molecule has 6 rings (SSSR count). The summed E-state index contributed by atoms with van der Waals surface area (Å²) in [6, 6.07) is 1.90. The van der Waals surface area contributed by atoms with E-state index in [9.17, 15) is 9.59 Å². The average molecular weight is 523 g/mol. The summed E-state index contributed by atoms with van der Waals surface area (Å²) < 4.78 is 13.0. The van der Waals surface area contributed by atoms with Crippen molar-refractivity contribution in [2.45, 2.75) is 70.8 Å². The number of hydrogen-bond acceptors (Lipinski definition) is 7. The summed E-state index contributed by atoms with van der Waals surface area (Å²) in [4.78, 5) is 34.2. The minimum absolute atomic E-state index is 0.0816. The lowest BCUT2D eigenvalue weighted by atomic mass is 9.71. The molecule has 204 valence electrons. The second kappa shape index (κ2) is 9.24. The fraction of sp³-hybridized carbons (Fsp3) is 0.679. The molecule has 2 amide bonds. The van der Waals surface area contributed by atoms with Crippen molar-refractivity contribution in [2.75, 3.05) is 32.8 Å². The predicted molar refractivity (Wildman–Crippen MR) is 138 cm³/mol. The average Bonchev–Trinajstić information content (AvgIpc) is 3.52. The van der Waals surface area contributed by atoms with Gasteiger partial charge in [-0.1, -0.05) is 44.5 Å². The fourth-order valence-corrected chi connectivity index (χ4v) is 6.66. The third kappa shape index (κ3) is 4.31. The number of ether oxygens (including phenoxy) is 1. The number of hydrogen-bond donors (Lipinski definition) is 0. The van der Waals surface area contributed by atoms with E-state index in [4.69, 9.17) is 19.3 Å². The molecule has 1 spiro atoms. The Labute approximate surface area is 223 Å². The lowest BCUT2D eigenvalue weighted by Gasteiger charge is -2.50. The molecule has 38 heavy (non-hydrogen) atoms. The molecule has 2 unspecified atom stereocenters. The molecule has 0 N–H and O–H groups in total. The third-order valence-electron chi connectivity index (χ3n) is 9.29. The minimum Gasteiger partial charge on any atom is -0.445 e. The molecule has 2 aromatic rings. The molecule has 10 nitrogen and oxygen atoms in total. The van der Waals surface area contributed by atoms with Gasteiger partial charge in [-0.2, -0.15) is 10.1 Å². The van der Waals surface area contributed by atoms with Gasteiger partial charge in [-0.05, 0) is 37.7 Å². The van der Waals surface area contributed by atoms with Gasteiger partial charge in [-0.15, -0.1) is 0 Å². The number of amides is 2. The number of carbonyl (C=O) groups is 2.